The molecule has 0 atom stereocenters. The van der Waals surface area contributed by atoms with E-state index < -0.39 is 0 Å². The fourth-order valence-electron chi connectivity index (χ4n) is 1.02. The number of halogens is 1. The highest BCUT2D eigenvalue weighted by Crippen LogP contribution is 2.15. The van der Waals surface area contributed by atoms with Gasteiger partial charge in [0.2, 0.25) is 5.13 Å². The third kappa shape index (κ3) is 3.65. The fourth-order valence-corrected chi connectivity index (χ4v) is 1.53. The summed E-state index contributed by atoms with van der Waals surface area (Å²) in [5.41, 5.74) is 0. The molecule has 0 fully saturated rings. The van der Waals surface area contributed by atoms with Gasteiger partial charge in [-0.3, -0.25) is 10.1 Å². The molecule has 0 saturated carbocycles. The van der Waals surface area contributed by atoms with E-state index in [1.54, 1.807) is 24.3 Å². The summed E-state index contributed by atoms with van der Waals surface area (Å²) in [5, 5.41) is 10.4. The lowest BCUT2D eigenvalue weighted by Gasteiger charge is -2.04. The van der Waals surface area contributed by atoms with Crippen LogP contribution in [0, 0.1) is 0 Å². The van der Waals surface area contributed by atoms with Crippen molar-refractivity contribution in [3.05, 3.63) is 29.3 Å². The second-order valence-corrected chi connectivity index (χ2v) is 4.13. The summed E-state index contributed by atoms with van der Waals surface area (Å²) in [6.07, 6.45) is 0. The van der Waals surface area contributed by atoms with Crippen LogP contribution in [0.25, 0.3) is 0 Å². The number of amides is 1. The molecule has 1 aromatic carbocycles. The maximum atomic E-state index is 11.4. The molecule has 17 heavy (non-hydrogen) atoms. The summed E-state index contributed by atoms with van der Waals surface area (Å²) in [4.78, 5) is 11.4. The van der Waals surface area contributed by atoms with Crippen LogP contribution in [0.2, 0.25) is 5.02 Å². The van der Waals surface area contributed by atoms with E-state index in [4.69, 9.17) is 16.3 Å². The van der Waals surface area contributed by atoms with Gasteiger partial charge in [0, 0.05) is 16.6 Å². The minimum absolute atomic E-state index is 0.110. The van der Waals surface area contributed by atoms with Gasteiger partial charge in [-0.1, -0.05) is 21.2 Å². The van der Waals surface area contributed by atoms with E-state index in [1.807, 2.05) is 0 Å². The molecule has 0 aliphatic rings. The maximum Gasteiger partial charge on any atom is 0.264 e. The first kappa shape index (κ1) is 11.7. The standard InChI is InChI=1S/C9H7ClN4O2S/c10-6-1-3-7(4-2-6)16-5-8(15)11-9-12-13-14-17-9/h1-4H,5H2,(H,11,12,14,15). The number of benzene rings is 1. The van der Waals surface area contributed by atoms with Crippen LogP contribution in [0.1, 0.15) is 0 Å². The Morgan fingerprint density at radius 2 is 2.18 bits per heavy atom. The summed E-state index contributed by atoms with van der Waals surface area (Å²) in [5.74, 6) is 0.249. The third-order valence-corrected chi connectivity index (χ3v) is 2.49. The van der Waals surface area contributed by atoms with Crippen LogP contribution in [-0.4, -0.2) is 27.3 Å². The smallest absolute Gasteiger partial charge is 0.264 e. The number of rotatable bonds is 4. The van der Waals surface area contributed by atoms with Crippen LogP contribution in [0.15, 0.2) is 24.3 Å². The summed E-state index contributed by atoms with van der Waals surface area (Å²) in [6, 6.07) is 6.73. The van der Waals surface area contributed by atoms with E-state index in [2.05, 4.69) is 20.1 Å². The molecule has 0 spiro atoms. The quantitative estimate of drug-likeness (QED) is 0.913. The summed E-state index contributed by atoms with van der Waals surface area (Å²) < 4.78 is 8.75. The summed E-state index contributed by atoms with van der Waals surface area (Å²) >= 11 is 6.71. The molecule has 1 amide bonds. The first-order valence-electron chi connectivity index (χ1n) is 4.57. The molecule has 0 bridgehead atoms. The summed E-state index contributed by atoms with van der Waals surface area (Å²) in [7, 11) is 0. The second-order valence-electron chi connectivity index (χ2n) is 2.96. The van der Waals surface area contributed by atoms with Crippen molar-refractivity contribution >= 4 is 34.2 Å². The Balaban J connectivity index is 1.82. The van der Waals surface area contributed by atoms with E-state index in [0.717, 1.165) is 11.5 Å². The van der Waals surface area contributed by atoms with E-state index >= 15 is 0 Å². The molecule has 1 aromatic heterocycles. The molecule has 88 valence electrons. The van der Waals surface area contributed by atoms with Crippen LogP contribution in [-0.2, 0) is 4.79 Å². The lowest BCUT2D eigenvalue weighted by molar-refractivity contribution is -0.118. The van der Waals surface area contributed by atoms with E-state index in [9.17, 15) is 4.79 Å². The molecule has 0 radical (unpaired) electrons. The van der Waals surface area contributed by atoms with Gasteiger partial charge in [-0.2, -0.15) is 0 Å². The Bertz CT molecular complexity index is 488. The molecule has 2 aromatic rings. The highest BCUT2D eigenvalue weighted by Gasteiger charge is 2.06. The molecule has 0 unspecified atom stereocenters. The number of aromatic nitrogens is 3. The SMILES string of the molecule is O=C(COc1ccc(Cl)cc1)Nc1nnns1. The average Bonchev–Trinajstić information content (AvgIpc) is 2.81. The number of carbonyl (C=O) groups is 1. The fraction of sp³-hybridized carbons (Fsp3) is 0.111. The van der Waals surface area contributed by atoms with Crippen LogP contribution in [0.5, 0.6) is 5.75 Å². The maximum absolute atomic E-state index is 11.4. The highest BCUT2D eigenvalue weighted by molar-refractivity contribution is 7.09. The second kappa shape index (κ2) is 5.55. The number of anilines is 1. The Kier molecular flexibility index (Phi) is 3.84. The van der Waals surface area contributed by atoms with Crippen LogP contribution in [0.4, 0.5) is 5.13 Å². The Labute approximate surface area is 106 Å². The van der Waals surface area contributed by atoms with Gasteiger partial charge in [0.1, 0.15) is 5.75 Å². The largest absolute Gasteiger partial charge is 0.484 e. The van der Waals surface area contributed by atoms with Gasteiger partial charge >= 0.3 is 0 Å². The van der Waals surface area contributed by atoms with E-state index in [0.29, 0.717) is 15.9 Å². The molecule has 0 aliphatic carbocycles. The number of nitrogens with zero attached hydrogens (tertiary/aromatic N) is 3. The van der Waals surface area contributed by atoms with Gasteiger partial charge in [0.25, 0.3) is 5.91 Å². The van der Waals surface area contributed by atoms with Crippen molar-refractivity contribution in [1.29, 1.82) is 0 Å². The predicted molar refractivity (Wildman–Crippen MR) is 63.3 cm³/mol. The number of nitrogens with one attached hydrogen (secondary N) is 1. The number of hydrogen-bond acceptors (Lipinski definition) is 6. The topological polar surface area (TPSA) is 77.0 Å². The average molecular weight is 271 g/mol. The van der Waals surface area contributed by atoms with Gasteiger partial charge in [-0.25, -0.2) is 0 Å². The van der Waals surface area contributed by atoms with E-state index in [1.165, 1.54) is 0 Å². The van der Waals surface area contributed by atoms with Gasteiger partial charge < -0.3 is 4.74 Å². The molecular weight excluding hydrogens is 264 g/mol. The number of hydrogen-bond donors (Lipinski definition) is 1. The first-order chi connectivity index (χ1) is 8.24. The normalized spacial score (nSPS) is 9.94. The van der Waals surface area contributed by atoms with Crippen molar-refractivity contribution in [3.63, 3.8) is 0 Å². The Hall–Kier alpha value is -1.73. The lowest BCUT2D eigenvalue weighted by Crippen LogP contribution is -2.20. The number of ether oxygens (including phenoxy) is 1. The van der Waals surface area contributed by atoms with Crippen molar-refractivity contribution in [1.82, 2.24) is 14.8 Å². The minimum atomic E-state index is -0.321. The molecule has 6 nitrogen and oxygen atoms in total. The predicted octanol–water partition coefficient (Wildman–Crippen LogP) is 1.60. The Morgan fingerprint density at radius 1 is 1.41 bits per heavy atom. The molecule has 8 heteroatoms. The van der Waals surface area contributed by atoms with Crippen LogP contribution in [0.3, 0.4) is 0 Å². The Morgan fingerprint density at radius 3 is 2.82 bits per heavy atom. The van der Waals surface area contributed by atoms with Crippen molar-refractivity contribution in [2.75, 3.05) is 11.9 Å². The van der Waals surface area contributed by atoms with Gasteiger partial charge in [-0.05, 0) is 29.5 Å². The van der Waals surface area contributed by atoms with E-state index in [-0.39, 0.29) is 12.5 Å². The third-order valence-electron chi connectivity index (χ3n) is 1.73. The zero-order chi connectivity index (χ0) is 12.1. The van der Waals surface area contributed by atoms with Crippen molar-refractivity contribution in [3.8, 4) is 5.75 Å². The van der Waals surface area contributed by atoms with Crippen LogP contribution < -0.4 is 10.1 Å². The van der Waals surface area contributed by atoms with Crippen molar-refractivity contribution in [2.24, 2.45) is 0 Å². The van der Waals surface area contributed by atoms with Crippen molar-refractivity contribution in [2.45, 2.75) is 0 Å². The summed E-state index contributed by atoms with van der Waals surface area (Å²) in [6.45, 7) is -0.110. The van der Waals surface area contributed by atoms with Gasteiger partial charge in [0.05, 0.1) is 0 Å². The molecule has 2 rings (SSSR count). The molecule has 0 saturated heterocycles. The van der Waals surface area contributed by atoms with Gasteiger partial charge in [0.15, 0.2) is 6.61 Å². The molecular formula is C9H7ClN4O2S. The highest BCUT2D eigenvalue weighted by atomic mass is 35.5. The molecule has 1 N–H and O–H groups in total. The zero-order valence-electron chi connectivity index (χ0n) is 8.46. The van der Waals surface area contributed by atoms with Gasteiger partial charge in [-0.15, -0.1) is 0 Å². The minimum Gasteiger partial charge on any atom is -0.484 e. The first-order valence-corrected chi connectivity index (χ1v) is 5.72. The molecule has 1 heterocycles. The monoisotopic (exact) mass is 270 g/mol. The lowest BCUT2D eigenvalue weighted by atomic mass is 10.3. The van der Waals surface area contributed by atoms with Crippen LogP contribution >= 0.6 is 23.1 Å². The number of carbonyl (C=O) groups excluding carboxylic acids is 1. The zero-order valence-corrected chi connectivity index (χ0v) is 10.0. The molecule has 0 aliphatic heterocycles. The van der Waals surface area contributed by atoms with Crippen molar-refractivity contribution < 1.29 is 9.53 Å².